The van der Waals surface area contributed by atoms with E-state index >= 15 is 0 Å². The van der Waals surface area contributed by atoms with Gasteiger partial charge in [-0.05, 0) is 35.9 Å². The Hall–Kier alpha value is -1.95. The molecule has 0 saturated carbocycles. The van der Waals surface area contributed by atoms with Crippen LogP contribution in [0.2, 0.25) is 10.0 Å². The third kappa shape index (κ3) is 3.78. The number of benzene rings is 2. The Bertz CT molecular complexity index is 711. The first-order valence-corrected chi connectivity index (χ1v) is 7.11. The molecular weight excluding hydrogens is 303 g/mol. The number of hydrogen-bond donors (Lipinski definition) is 0. The van der Waals surface area contributed by atoms with Gasteiger partial charge in [0, 0.05) is 30.4 Å². The normalized spacial score (nSPS) is 11.1. The minimum atomic E-state index is 0.472. The fraction of sp³-hybridized carbons (Fsp3) is 0.118. The van der Waals surface area contributed by atoms with E-state index in [4.69, 9.17) is 23.2 Å². The third-order valence-electron chi connectivity index (χ3n) is 3.06. The van der Waals surface area contributed by atoms with Crippen LogP contribution in [0.15, 0.2) is 42.5 Å². The van der Waals surface area contributed by atoms with Gasteiger partial charge in [-0.2, -0.15) is 5.26 Å². The highest BCUT2D eigenvalue weighted by molar-refractivity contribution is 6.36. The molecule has 0 spiro atoms. The maximum Gasteiger partial charge on any atom is 0.0998 e. The Kier molecular flexibility index (Phi) is 4.90. The molecule has 0 fully saturated rings. The van der Waals surface area contributed by atoms with Crippen LogP contribution in [0.4, 0.5) is 5.69 Å². The quantitative estimate of drug-likeness (QED) is 0.580. The summed E-state index contributed by atoms with van der Waals surface area (Å²) in [6, 6.07) is 15.3. The summed E-state index contributed by atoms with van der Waals surface area (Å²) in [5, 5.41) is 10.4. The van der Waals surface area contributed by atoms with Crippen LogP contribution >= 0.6 is 23.2 Å². The summed E-state index contributed by atoms with van der Waals surface area (Å²) >= 11 is 12.0. The molecule has 0 aliphatic heterocycles. The predicted molar refractivity (Wildman–Crippen MR) is 90.7 cm³/mol. The average molecular weight is 317 g/mol. The molecular formula is C17H14Cl2N2. The lowest BCUT2D eigenvalue weighted by molar-refractivity contribution is 1.13. The summed E-state index contributed by atoms with van der Waals surface area (Å²) in [4.78, 5) is 2.02. The SMILES string of the molecule is CN(C)c1ccc(/C=C(/C#N)c2ccc(Cl)cc2Cl)cc1. The van der Waals surface area contributed by atoms with Gasteiger partial charge in [0.1, 0.15) is 0 Å². The van der Waals surface area contributed by atoms with Crippen LogP contribution in [0.1, 0.15) is 11.1 Å². The molecule has 0 aliphatic rings. The Morgan fingerprint density at radius 1 is 1.10 bits per heavy atom. The number of anilines is 1. The van der Waals surface area contributed by atoms with E-state index in [-0.39, 0.29) is 0 Å². The predicted octanol–water partition coefficient (Wildman–Crippen LogP) is 5.12. The van der Waals surface area contributed by atoms with Gasteiger partial charge in [-0.25, -0.2) is 0 Å². The van der Waals surface area contributed by atoms with Gasteiger partial charge >= 0.3 is 0 Å². The lowest BCUT2D eigenvalue weighted by atomic mass is 10.0. The second-order valence-corrected chi connectivity index (χ2v) is 5.62. The second kappa shape index (κ2) is 6.67. The van der Waals surface area contributed by atoms with Gasteiger partial charge in [0.05, 0.1) is 16.7 Å². The van der Waals surface area contributed by atoms with Crippen molar-refractivity contribution in [1.29, 1.82) is 5.26 Å². The van der Waals surface area contributed by atoms with Crippen LogP contribution in [0.5, 0.6) is 0 Å². The standard InChI is InChI=1S/C17H14Cl2N2/c1-21(2)15-6-3-12(4-7-15)9-13(11-20)16-8-5-14(18)10-17(16)19/h3-10H,1-2H3/b13-9-. The molecule has 0 heterocycles. The first-order valence-electron chi connectivity index (χ1n) is 6.36. The summed E-state index contributed by atoms with van der Waals surface area (Å²) in [6.07, 6.45) is 1.81. The number of rotatable bonds is 3. The van der Waals surface area contributed by atoms with Crippen molar-refractivity contribution in [2.24, 2.45) is 0 Å². The minimum absolute atomic E-state index is 0.472. The Morgan fingerprint density at radius 3 is 2.29 bits per heavy atom. The lowest BCUT2D eigenvalue weighted by Crippen LogP contribution is -2.07. The molecule has 0 aliphatic carbocycles. The van der Waals surface area contributed by atoms with Gasteiger partial charge in [0.25, 0.3) is 0 Å². The highest BCUT2D eigenvalue weighted by atomic mass is 35.5. The number of hydrogen-bond acceptors (Lipinski definition) is 2. The second-order valence-electron chi connectivity index (χ2n) is 4.78. The molecule has 2 nitrogen and oxygen atoms in total. The van der Waals surface area contributed by atoms with Gasteiger partial charge < -0.3 is 4.90 Å². The highest BCUT2D eigenvalue weighted by Gasteiger charge is 2.07. The molecule has 0 radical (unpaired) electrons. The van der Waals surface area contributed by atoms with E-state index < -0.39 is 0 Å². The van der Waals surface area contributed by atoms with E-state index in [0.717, 1.165) is 11.3 Å². The summed E-state index contributed by atoms with van der Waals surface area (Å²) in [6.45, 7) is 0. The van der Waals surface area contributed by atoms with Crippen molar-refractivity contribution in [2.45, 2.75) is 0 Å². The molecule has 2 aromatic rings. The summed E-state index contributed by atoms with van der Waals surface area (Å²) in [5.74, 6) is 0. The number of allylic oxidation sites excluding steroid dienone is 1. The van der Waals surface area contributed by atoms with Gasteiger partial charge in [-0.1, -0.05) is 41.4 Å². The van der Waals surface area contributed by atoms with Crippen LogP contribution in [0.25, 0.3) is 11.6 Å². The third-order valence-corrected chi connectivity index (χ3v) is 3.61. The smallest absolute Gasteiger partial charge is 0.0998 e. The van der Waals surface area contributed by atoms with Gasteiger partial charge in [0.2, 0.25) is 0 Å². The van der Waals surface area contributed by atoms with E-state index in [0.29, 0.717) is 21.2 Å². The molecule has 4 heteroatoms. The molecule has 21 heavy (non-hydrogen) atoms. The summed E-state index contributed by atoms with van der Waals surface area (Å²) < 4.78 is 0. The molecule has 0 unspecified atom stereocenters. The van der Waals surface area contributed by atoms with Gasteiger partial charge in [-0.15, -0.1) is 0 Å². The fourth-order valence-electron chi connectivity index (χ4n) is 1.91. The topological polar surface area (TPSA) is 27.0 Å². The van der Waals surface area contributed by atoms with Crippen LogP contribution in [0.3, 0.4) is 0 Å². The number of halogens is 2. The molecule has 106 valence electrons. The molecule has 2 aromatic carbocycles. The van der Waals surface area contributed by atoms with Crippen LogP contribution in [-0.2, 0) is 0 Å². The minimum Gasteiger partial charge on any atom is -0.378 e. The maximum atomic E-state index is 9.36. The van der Waals surface area contributed by atoms with E-state index in [1.165, 1.54) is 0 Å². The van der Waals surface area contributed by atoms with Gasteiger partial charge in [0.15, 0.2) is 0 Å². The van der Waals surface area contributed by atoms with Crippen LogP contribution in [0, 0.1) is 11.3 Å². The molecule has 0 amide bonds. The molecule has 0 aromatic heterocycles. The first-order chi connectivity index (χ1) is 10.0. The van der Waals surface area contributed by atoms with Crippen molar-refractivity contribution in [1.82, 2.24) is 0 Å². The zero-order valence-electron chi connectivity index (χ0n) is 11.8. The van der Waals surface area contributed by atoms with Crippen LogP contribution < -0.4 is 4.90 Å². The molecule has 0 bridgehead atoms. The van der Waals surface area contributed by atoms with Crippen molar-refractivity contribution in [3.05, 3.63) is 63.6 Å². The Morgan fingerprint density at radius 2 is 1.76 bits per heavy atom. The van der Waals surface area contributed by atoms with E-state index in [2.05, 4.69) is 6.07 Å². The fourth-order valence-corrected chi connectivity index (χ4v) is 2.42. The average Bonchev–Trinajstić information content (AvgIpc) is 2.46. The maximum absolute atomic E-state index is 9.36. The van der Waals surface area contributed by atoms with Crippen molar-refractivity contribution < 1.29 is 0 Å². The largest absolute Gasteiger partial charge is 0.378 e. The molecule has 0 saturated heterocycles. The van der Waals surface area contributed by atoms with Crippen molar-refractivity contribution >= 4 is 40.5 Å². The van der Waals surface area contributed by atoms with Crippen molar-refractivity contribution in [3.63, 3.8) is 0 Å². The van der Waals surface area contributed by atoms with Crippen LogP contribution in [-0.4, -0.2) is 14.1 Å². The summed E-state index contributed by atoms with van der Waals surface area (Å²) in [7, 11) is 3.97. The Balaban J connectivity index is 2.39. The number of nitrogens with zero attached hydrogens (tertiary/aromatic N) is 2. The highest BCUT2D eigenvalue weighted by Crippen LogP contribution is 2.28. The van der Waals surface area contributed by atoms with Crippen molar-refractivity contribution in [3.8, 4) is 6.07 Å². The van der Waals surface area contributed by atoms with Gasteiger partial charge in [-0.3, -0.25) is 0 Å². The Labute approximate surface area is 134 Å². The molecule has 0 atom stereocenters. The van der Waals surface area contributed by atoms with E-state index in [1.54, 1.807) is 18.2 Å². The van der Waals surface area contributed by atoms with E-state index in [9.17, 15) is 5.26 Å². The van der Waals surface area contributed by atoms with E-state index in [1.807, 2.05) is 49.3 Å². The van der Waals surface area contributed by atoms with Crippen molar-refractivity contribution in [2.75, 3.05) is 19.0 Å². The lowest BCUT2D eigenvalue weighted by Gasteiger charge is -2.12. The number of nitriles is 1. The molecule has 2 rings (SSSR count). The first kappa shape index (κ1) is 15.4. The summed E-state index contributed by atoms with van der Waals surface area (Å²) in [5.41, 5.74) is 3.24. The zero-order valence-corrected chi connectivity index (χ0v) is 13.3. The monoisotopic (exact) mass is 316 g/mol. The molecule has 0 N–H and O–H groups in total. The zero-order chi connectivity index (χ0) is 15.4.